The summed E-state index contributed by atoms with van der Waals surface area (Å²) in [6.45, 7) is 5.28. The van der Waals surface area contributed by atoms with Crippen molar-refractivity contribution in [1.82, 2.24) is 0 Å². The normalized spacial score (nSPS) is 19.9. The topological polar surface area (TPSA) is 18.5 Å². The molecular weight excluding hydrogens is 219 g/mol. The van der Waals surface area contributed by atoms with Gasteiger partial charge in [-0.3, -0.25) is 0 Å². The fourth-order valence-electron chi connectivity index (χ4n) is 2.03. The van der Waals surface area contributed by atoms with Crippen molar-refractivity contribution in [2.45, 2.75) is 38.7 Å². The van der Waals surface area contributed by atoms with Crippen molar-refractivity contribution in [3.63, 3.8) is 0 Å². The summed E-state index contributed by atoms with van der Waals surface area (Å²) in [5.41, 5.74) is 0.731. The van der Waals surface area contributed by atoms with Crippen LogP contribution in [0.25, 0.3) is 0 Å². The zero-order valence-electron chi connectivity index (χ0n) is 10.4. The van der Waals surface area contributed by atoms with E-state index in [1.54, 1.807) is 6.07 Å². The van der Waals surface area contributed by atoms with Gasteiger partial charge in [0.05, 0.1) is 6.10 Å². The van der Waals surface area contributed by atoms with Crippen molar-refractivity contribution in [3.8, 4) is 5.75 Å². The third-order valence-electron chi connectivity index (χ3n) is 3.05. The summed E-state index contributed by atoms with van der Waals surface area (Å²) in [6, 6.07) is 5.09. The highest BCUT2D eigenvalue weighted by Gasteiger charge is 2.16. The molecule has 0 spiro atoms. The molecule has 0 amide bonds. The van der Waals surface area contributed by atoms with Gasteiger partial charge in [-0.1, -0.05) is 19.9 Å². The molecule has 0 radical (unpaired) electrons. The standard InChI is InChI=1S/C14H19FO2/c1-10(2)13-6-5-11(8-14(13)15)17-9-12-4-3-7-16-12/h5-6,8,10,12H,3-4,7,9H2,1-2H3/t12-/m0/s1. The summed E-state index contributed by atoms with van der Waals surface area (Å²) in [4.78, 5) is 0. The van der Waals surface area contributed by atoms with Gasteiger partial charge < -0.3 is 9.47 Å². The van der Waals surface area contributed by atoms with Gasteiger partial charge in [0.15, 0.2) is 0 Å². The highest BCUT2D eigenvalue weighted by molar-refractivity contribution is 5.30. The van der Waals surface area contributed by atoms with Gasteiger partial charge in [-0.2, -0.15) is 0 Å². The Balaban J connectivity index is 1.94. The van der Waals surface area contributed by atoms with E-state index in [0.29, 0.717) is 12.4 Å². The van der Waals surface area contributed by atoms with Crippen molar-refractivity contribution in [1.29, 1.82) is 0 Å². The molecule has 1 aliphatic rings. The average Bonchev–Trinajstić information content (AvgIpc) is 2.78. The van der Waals surface area contributed by atoms with Crippen LogP contribution in [-0.2, 0) is 4.74 Å². The van der Waals surface area contributed by atoms with E-state index in [9.17, 15) is 4.39 Å². The van der Waals surface area contributed by atoms with Crippen LogP contribution in [0.2, 0.25) is 0 Å². The predicted molar refractivity (Wildman–Crippen MR) is 65.0 cm³/mol. The van der Waals surface area contributed by atoms with E-state index in [1.165, 1.54) is 6.07 Å². The molecule has 1 aromatic carbocycles. The molecule has 1 aliphatic heterocycles. The van der Waals surface area contributed by atoms with Crippen LogP contribution < -0.4 is 4.74 Å². The number of hydrogen-bond acceptors (Lipinski definition) is 2. The smallest absolute Gasteiger partial charge is 0.130 e. The number of benzene rings is 1. The largest absolute Gasteiger partial charge is 0.491 e. The van der Waals surface area contributed by atoms with Gasteiger partial charge in [-0.05, 0) is 30.4 Å². The molecule has 0 saturated carbocycles. The summed E-state index contributed by atoms with van der Waals surface area (Å²) in [7, 11) is 0. The maximum atomic E-state index is 13.7. The molecule has 1 aromatic rings. The third kappa shape index (κ3) is 3.19. The maximum Gasteiger partial charge on any atom is 0.130 e. The summed E-state index contributed by atoms with van der Waals surface area (Å²) in [5, 5.41) is 0. The van der Waals surface area contributed by atoms with E-state index in [1.807, 2.05) is 19.9 Å². The van der Waals surface area contributed by atoms with Crippen molar-refractivity contribution >= 4 is 0 Å². The van der Waals surface area contributed by atoms with E-state index >= 15 is 0 Å². The molecular formula is C14H19FO2. The summed E-state index contributed by atoms with van der Waals surface area (Å²) < 4.78 is 24.7. The lowest BCUT2D eigenvalue weighted by Crippen LogP contribution is -2.16. The lowest BCUT2D eigenvalue weighted by molar-refractivity contribution is 0.0678. The first-order valence-corrected chi connectivity index (χ1v) is 6.20. The molecule has 0 N–H and O–H groups in total. The van der Waals surface area contributed by atoms with E-state index in [-0.39, 0.29) is 17.8 Å². The zero-order valence-corrected chi connectivity index (χ0v) is 10.4. The van der Waals surface area contributed by atoms with Crippen molar-refractivity contribution in [2.75, 3.05) is 13.2 Å². The second kappa shape index (κ2) is 5.50. The van der Waals surface area contributed by atoms with Crippen molar-refractivity contribution < 1.29 is 13.9 Å². The molecule has 17 heavy (non-hydrogen) atoms. The quantitative estimate of drug-likeness (QED) is 0.799. The van der Waals surface area contributed by atoms with Crippen molar-refractivity contribution in [3.05, 3.63) is 29.6 Å². The lowest BCUT2D eigenvalue weighted by Gasteiger charge is -2.13. The fraction of sp³-hybridized carbons (Fsp3) is 0.571. The molecule has 0 aliphatic carbocycles. The van der Waals surface area contributed by atoms with Crippen molar-refractivity contribution in [2.24, 2.45) is 0 Å². The van der Waals surface area contributed by atoms with Crippen LogP contribution in [0.5, 0.6) is 5.75 Å². The molecule has 1 heterocycles. The van der Waals surface area contributed by atoms with E-state index in [2.05, 4.69) is 0 Å². The zero-order chi connectivity index (χ0) is 12.3. The first-order chi connectivity index (χ1) is 8.16. The van der Waals surface area contributed by atoms with Crippen LogP contribution in [-0.4, -0.2) is 19.3 Å². The molecule has 1 fully saturated rings. The Labute approximate surface area is 102 Å². The Hall–Kier alpha value is -1.09. The summed E-state index contributed by atoms with van der Waals surface area (Å²) >= 11 is 0. The molecule has 2 nitrogen and oxygen atoms in total. The Morgan fingerprint density at radius 2 is 2.29 bits per heavy atom. The van der Waals surface area contributed by atoms with Crippen LogP contribution >= 0.6 is 0 Å². The molecule has 0 bridgehead atoms. The minimum Gasteiger partial charge on any atom is -0.491 e. The molecule has 1 saturated heterocycles. The van der Waals surface area contributed by atoms with Crippen LogP contribution in [0.3, 0.4) is 0 Å². The number of halogens is 1. The number of rotatable bonds is 4. The van der Waals surface area contributed by atoms with E-state index < -0.39 is 0 Å². The third-order valence-corrected chi connectivity index (χ3v) is 3.05. The Bertz CT molecular complexity index is 370. The minimum atomic E-state index is -0.190. The average molecular weight is 238 g/mol. The van der Waals surface area contributed by atoms with Crippen LogP contribution in [0.1, 0.15) is 38.2 Å². The number of hydrogen-bond donors (Lipinski definition) is 0. The van der Waals surface area contributed by atoms with Gasteiger partial charge in [-0.25, -0.2) is 4.39 Å². The van der Waals surface area contributed by atoms with Gasteiger partial charge in [0.1, 0.15) is 18.2 Å². The molecule has 1 atom stereocenters. The molecule has 2 rings (SSSR count). The first kappa shape index (κ1) is 12.4. The monoisotopic (exact) mass is 238 g/mol. The van der Waals surface area contributed by atoms with Crippen LogP contribution in [0.4, 0.5) is 4.39 Å². The Morgan fingerprint density at radius 3 is 2.88 bits per heavy atom. The summed E-state index contributed by atoms with van der Waals surface area (Å²) in [5.74, 6) is 0.592. The molecule has 94 valence electrons. The number of ether oxygens (including phenoxy) is 2. The van der Waals surface area contributed by atoms with Gasteiger partial charge in [0, 0.05) is 12.7 Å². The van der Waals surface area contributed by atoms with Crippen LogP contribution in [0.15, 0.2) is 18.2 Å². The maximum absolute atomic E-state index is 13.7. The molecule has 0 aromatic heterocycles. The second-order valence-electron chi connectivity index (χ2n) is 4.78. The lowest BCUT2D eigenvalue weighted by atomic mass is 10.0. The second-order valence-corrected chi connectivity index (χ2v) is 4.78. The fourth-order valence-corrected chi connectivity index (χ4v) is 2.03. The minimum absolute atomic E-state index is 0.169. The van der Waals surface area contributed by atoms with Gasteiger partial charge in [0.2, 0.25) is 0 Å². The van der Waals surface area contributed by atoms with Gasteiger partial charge in [-0.15, -0.1) is 0 Å². The summed E-state index contributed by atoms with van der Waals surface area (Å²) in [6.07, 6.45) is 2.30. The Morgan fingerprint density at radius 1 is 1.47 bits per heavy atom. The molecule has 0 unspecified atom stereocenters. The Kier molecular flexibility index (Phi) is 4.00. The first-order valence-electron chi connectivity index (χ1n) is 6.20. The highest BCUT2D eigenvalue weighted by Crippen LogP contribution is 2.23. The predicted octanol–water partition coefficient (Wildman–Crippen LogP) is 3.51. The van der Waals surface area contributed by atoms with E-state index in [0.717, 1.165) is 25.0 Å². The molecule has 3 heteroatoms. The van der Waals surface area contributed by atoms with Gasteiger partial charge in [0.25, 0.3) is 0 Å². The van der Waals surface area contributed by atoms with Gasteiger partial charge >= 0.3 is 0 Å². The highest BCUT2D eigenvalue weighted by atomic mass is 19.1. The van der Waals surface area contributed by atoms with Crippen LogP contribution in [0, 0.1) is 5.82 Å². The SMILES string of the molecule is CC(C)c1ccc(OC[C@@H]2CCCO2)cc1F. The van der Waals surface area contributed by atoms with E-state index in [4.69, 9.17) is 9.47 Å².